The molecule has 0 radical (unpaired) electrons. The number of halogens is 1. The van der Waals surface area contributed by atoms with Crippen LogP contribution < -0.4 is 10.1 Å². The van der Waals surface area contributed by atoms with Gasteiger partial charge >= 0.3 is 0 Å². The highest BCUT2D eigenvalue weighted by Crippen LogP contribution is 2.40. The summed E-state index contributed by atoms with van der Waals surface area (Å²) >= 11 is 3.57. The minimum Gasteiger partial charge on any atom is -0.496 e. The topological polar surface area (TPSA) is 63.2 Å². The van der Waals surface area contributed by atoms with Crippen LogP contribution in [0.2, 0.25) is 0 Å². The molecule has 0 saturated carbocycles. The van der Waals surface area contributed by atoms with E-state index in [4.69, 9.17) is 9.47 Å². The highest BCUT2D eigenvalue weighted by Gasteiger charge is 2.34. The lowest BCUT2D eigenvalue weighted by atomic mass is 10.1. The van der Waals surface area contributed by atoms with Gasteiger partial charge in [0.25, 0.3) is 5.91 Å². The molecule has 126 valence electrons. The zero-order valence-corrected chi connectivity index (χ0v) is 14.8. The van der Waals surface area contributed by atoms with Gasteiger partial charge < -0.3 is 19.7 Å². The first-order chi connectivity index (χ1) is 12.2. The Morgan fingerprint density at radius 2 is 2.20 bits per heavy atom. The summed E-state index contributed by atoms with van der Waals surface area (Å²) in [5.74, 6) is 1.42. The van der Waals surface area contributed by atoms with Crippen molar-refractivity contribution in [2.24, 2.45) is 4.99 Å². The van der Waals surface area contributed by atoms with Gasteiger partial charge in [-0.3, -0.25) is 4.79 Å². The maximum atomic E-state index is 11.6. The largest absolute Gasteiger partial charge is 0.496 e. The second-order valence-corrected chi connectivity index (χ2v) is 7.03. The Labute approximate surface area is 152 Å². The average Bonchev–Trinajstić information content (AvgIpc) is 2.96. The molecule has 0 saturated heterocycles. The van der Waals surface area contributed by atoms with Gasteiger partial charge in [-0.2, -0.15) is 0 Å². The summed E-state index contributed by atoms with van der Waals surface area (Å²) in [6, 6.07) is 5.77. The second kappa shape index (κ2) is 5.49. The normalized spacial score (nSPS) is 21.1. The van der Waals surface area contributed by atoms with Crippen LogP contribution in [-0.4, -0.2) is 36.4 Å². The summed E-state index contributed by atoms with van der Waals surface area (Å²) in [6.45, 7) is 1.52. The molecular weight excluding hydrogens is 386 g/mol. The number of amides is 1. The van der Waals surface area contributed by atoms with Crippen molar-refractivity contribution < 1.29 is 14.3 Å². The number of ether oxygens (including phenoxy) is 2. The number of nitrogens with zero attached hydrogens (tertiary/aromatic N) is 2. The van der Waals surface area contributed by atoms with Crippen LogP contribution in [0.5, 0.6) is 5.75 Å². The number of rotatable bonds is 1. The molecule has 0 unspecified atom stereocenters. The molecule has 0 spiro atoms. The van der Waals surface area contributed by atoms with Crippen molar-refractivity contribution in [1.82, 2.24) is 4.90 Å². The Bertz CT molecular complexity index is 929. The summed E-state index contributed by atoms with van der Waals surface area (Å²) in [4.78, 5) is 18.5. The Morgan fingerprint density at radius 3 is 3.12 bits per heavy atom. The van der Waals surface area contributed by atoms with E-state index in [1.807, 2.05) is 24.4 Å². The van der Waals surface area contributed by atoms with Gasteiger partial charge in [-0.25, -0.2) is 4.99 Å². The molecule has 1 amide bonds. The van der Waals surface area contributed by atoms with E-state index in [0.29, 0.717) is 18.0 Å². The SMILES string of the molecule is O=C1COc2ccc(C3=NC=C4C(Br)=COCC5=C4N3CC5)cc2N1. The first-order valence-corrected chi connectivity index (χ1v) is 8.82. The quantitative estimate of drug-likeness (QED) is 0.788. The molecule has 4 aliphatic rings. The van der Waals surface area contributed by atoms with Gasteiger partial charge in [-0.1, -0.05) is 0 Å². The van der Waals surface area contributed by atoms with Crippen molar-refractivity contribution >= 4 is 33.4 Å². The van der Waals surface area contributed by atoms with Gasteiger partial charge in [0.15, 0.2) is 6.61 Å². The number of hydrogen-bond donors (Lipinski definition) is 1. The van der Waals surface area contributed by atoms with E-state index in [-0.39, 0.29) is 12.5 Å². The minimum absolute atomic E-state index is 0.0577. The van der Waals surface area contributed by atoms with Crippen LogP contribution in [-0.2, 0) is 9.53 Å². The Balaban J connectivity index is 1.60. The molecule has 1 N–H and O–H groups in total. The Kier molecular flexibility index (Phi) is 3.24. The number of carbonyl (C=O) groups excluding carboxylic acids is 1. The van der Waals surface area contributed by atoms with Crippen LogP contribution in [0.25, 0.3) is 0 Å². The van der Waals surface area contributed by atoms with Crippen molar-refractivity contribution in [2.75, 3.05) is 25.1 Å². The third kappa shape index (κ3) is 2.30. The molecule has 6 nitrogen and oxygen atoms in total. The van der Waals surface area contributed by atoms with E-state index in [2.05, 4.69) is 31.1 Å². The number of benzene rings is 1. The highest BCUT2D eigenvalue weighted by atomic mass is 79.9. The Morgan fingerprint density at radius 1 is 1.28 bits per heavy atom. The van der Waals surface area contributed by atoms with Crippen molar-refractivity contribution in [3.63, 3.8) is 0 Å². The van der Waals surface area contributed by atoms with E-state index in [9.17, 15) is 4.79 Å². The fraction of sp³-hybridized carbons (Fsp3) is 0.222. The number of allylic oxidation sites excluding steroid dienone is 1. The number of fused-ring (bicyclic) bond motifs is 1. The van der Waals surface area contributed by atoms with Gasteiger partial charge in [0.1, 0.15) is 18.2 Å². The molecule has 7 heteroatoms. The van der Waals surface area contributed by atoms with Crippen LogP contribution in [0.15, 0.2) is 57.0 Å². The van der Waals surface area contributed by atoms with Crippen molar-refractivity contribution in [3.05, 3.63) is 57.6 Å². The van der Waals surface area contributed by atoms with Crippen molar-refractivity contribution in [2.45, 2.75) is 6.42 Å². The van der Waals surface area contributed by atoms with E-state index < -0.39 is 0 Å². The van der Waals surface area contributed by atoms with Crippen molar-refractivity contribution in [1.29, 1.82) is 0 Å². The van der Waals surface area contributed by atoms with Gasteiger partial charge in [0.05, 0.1) is 22.1 Å². The summed E-state index contributed by atoms with van der Waals surface area (Å²) in [6.07, 6.45) is 4.55. The maximum absolute atomic E-state index is 11.6. The monoisotopic (exact) mass is 399 g/mol. The molecule has 0 aromatic heterocycles. The van der Waals surface area contributed by atoms with Crippen LogP contribution in [0.3, 0.4) is 0 Å². The molecule has 0 atom stereocenters. The first-order valence-electron chi connectivity index (χ1n) is 8.03. The maximum Gasteiger partial charge on any atom is 0.262 e. The van der Waals surface area contributed by atoms with Crippen LogP contribution in [0, 0.1) is 0 Å². The van der Waals surface area contributed by atoms with Gasteiger partial charge in [-0.15, -0.1) is 0 Å². The number of anilines is 1. The summed E-state index contributed by atoms with van der Waals surface area (Å²) in [5.41, 5.74) is 5.12. The van der Waals surface area contributed by atoms with E-state index >= 15 is 0 Å². The fourth-order valence-corrected chi connectivity index (χ4v) is 3.94. The predicted octanol–water partition coefficient (Wildman–Crippen LogP) is 2.89. The lowest BCUT2D eigenvalue weighted by Crippen LogP contribution is -2.32. The number of carbonyl (C=O) groups is 1. The lowest BCUT2D eigenvalue weighted by Gasteiger charge is -2.29. The molecule has 1 aromatic rings. The smallest absolute Gasteiger partial charge is 0.262 e. The van der Waals surface area contributed by atoms with Crippen LogP contribution in [0.4, 0.5) is 5.69 Å². The third-order valence-electron chi connectivity index (χ3n) is 4.64. The van der Waals surface area contributed by atoms with E-state index in [0.717, 1.165) is 34.4 Å². The zero-order valence-electron chi connectivity index (χ0n) is 13.2. The number of hydrogen-bond acceptors (Lipinski definition) is 5. The molecule has 4 heterocycles. The molecule has 1 aromatic carbocycles. The standard InChI is InChI=1S/C18H14BrN3O3/c19-13-8-24-7-11-3-4-22-17(11)12(13)6-20-18(22)10-1-2-15-14(5-10)21-16(23)9-25-15/h1-2,5-6,8H,3-4,7,9H2,(H,21,23). The van der Waals surface area contributed by atoms with Crippen LogP contribution >= 0.6 is 15.9 Å². The number of nitrogens with one attached hydrogen (secondary N) is 1. The molecule has 4 aliphatic heterocycles. The molecule has 25 heavy (non-hydrogen) atoms. The van der Waals surface area contributed by atoms with Crippen LogP contribution in [0.1, 0.15) is 12.0 Å². The van der Waals surface area contributed by atoms with E-state index in [1.165, 1.54) is 11.3 Å². The molecule has 0 aliphatic carbocycles. The molecular formula is C18H14BrN3O3. The Hall–Kier alpha value is -2.54. The molecule has 0 bridgehead atoms. The lowest BCUT2D eigenvalue weighted by molar-refractivity contribution is -0.118. The predicted molar refractivity (Wildman–Crippen MR) is 96.5 cm³/mol. The molecule has 0 fully saturated rings. The first kappa shape index (κ1) is 14.8. The highest BCUT2D eigenvalue weighted by molar-refractivity contribution is 9.12. The zero-order chi connectivity index (χ0) is 17.0. The van der Waals surface area contributed by atoms with Crippen molar-refractivity contribution in [3.8, 4) is 5.75 Å². The van der Waals surface area contributed by atoms with Gasteiger partial charge in [0.2, 0.25) is 0 Å². The number of amidine groups is 1. The van der Waals surface area contributed by atoms with Gasteiger partial charge in [0, 0.05) is 23.9 Å². The number of aliphatic imine (C=N–C) groups is 1. The average molecular weight is 400 g/mol. The van der Waals surface area contributed by atoms with E-state index in [1.54, 1.807) is 6.26 Å². The molecule has 5 rings (SSSR count). The van der Waals surface area contributed by atoms with Gasteiger partial charge in [-0.05, 0) is 46.1 Å². The minimum atomic E-state index is -0.140. The summed E-state index contributed by atoms with van der Waals surface area (Å²) in [7, 11) is 0. The third-order valence-corrected chi connectivity index (χ3v) is 5.26. The fourth-order valence-electron chi connectivity index (χ4n) is 3.52. The summed E-state index contributed by atoms with van der Waals surface area (Å²) < 4.78 is 11.9. The summed E-state index contributed by atoms with van der Waals surface area (Å²) in [5, 5.41) is 2.85. The second-order valence-electron chi connectivity index (χ2n) is 6.17.